The van der Waals surface area contributed by atoms with Crippen molar-refractivity contribution >= 4 is 22.3 Å². The van der Waals surface area contributed by atoms with E-state index in [-0.39, 0.29) is 22.6 Å². The Hall–Kier alpha value is -3.08. The number of fused-ring (bicyclic) bond motifs is 1. The van der Waals surface area contributed by atoms with Gasteiger partial charge < -0.3 is 14.8 Å². The van der Waals surface area contributed by atoms with Gasteiger partial charge in [0.05, 0.1) is 16.9 Å². The van der Waals surface area contributed by atoms with Crippen molar-refractivity contribution in [2.75, 3.05) is 0 Å². The Balaban J connectivity index is 2.23. The number of phenols is 1. The van der Waals surface area contributed by atoms with Gasteiger partial charge in [-0.1, -0.05) is 12.1 Å². The van der Waals surface area contributed by atoms with E-state index >= 15 is 0 Å². The second kappa shape index (κ2) is 5.61. The summed E-state index contributed by atoms with van der Waals surface area (Å²) in [7, 11) is 1.67. The molecule has 3 rings (SSSR count). The van der Waals surface area contributed by atoms with Crippen LogP contribution in [0.4, 0.5) is 5.69 Å². The lowest BCUT2D eigenvalue weighted by Crippen LogP contribution is -2.24. The maximum Gasteiger partial charge on any atom is 0.263 e. The summed E-state index contributed by atoms with van der Waals surface area (Å²) in [6, 6.07) is 13.5. The van der Waals surface area contributed by atoms with Gasteiger partial charge in [0.25, 0.3) is 5.56 Å². The van der Waals surface area contributed by atoms with Gasteiger partial charge in [0.15, 0.2) is 0 Å². The van der Waals surface area contributed by atoms with Crippen molar-refractivity contribution in [3.63, 3.8) is 0 Å². The van der Waals surface area contributed by atoms with E-state index in [0.717, 1.165) is 0 Å². The fraction of sp³-hybridized carbons (Fsp3) is 0.111. The molecule has 0 unspecified atom stereocenters. The SMILES string of the molecule is CC(=Nc1ccc(O)cc1)c1c(O)c2ccccc2n(C)c1=O. The number of nitrogens with zero attached hydrogens (tertiary/aromatic N) is 2. The van der Waals surface area contributed by atoms with Crippen LogP contribution in [0, 0.1) is 0 Å². The maximum absolute atomic E-state index is 12.6. The van der Waals surface area contributed by atoms with Crippen molar-refractivity contribution < 1.29 is 10.2 Å². The quantitative estimate of drug-likeness (QED) is 0.714. The van der Waals surface area contributed by atoms with Crippen molar-refractivity contribution in [2.45, 2.75) is 6.92 Å². The third-order valence-corrected chi connectivity index (χ3v) is 3.78. The summed E-state index contributed by atoms with van der Waals surface area (Å²) in [6.07, 6.45) is 0. The minimum absolute atomic E-state index is 0.0660. The van der Waals surface area contributed by atoms with Gasteiger partial charge in [-0.05, 0) is 43.3 Å². The highest BCUT2D eigenvalue weighted by atomic mass is 16.3. The molecule has 5 nitrogen and oxygen atoms in total. The molecule has 0 aliphatic carbocycles. The molecular weight excluding hydrogens is 292 g/mol. The van der Waals surface area contributed by atoms with E-state index in [1.54, 1.807) is 38.2 Å². The smallest absolute Gasteiger partial charge is 0.263 e. The van der Waals surface area contributed by atoms with Gasteiger partial charge in [-0.15, -0.1) is 0 Å². The Morgan fingerprint density at radius 3 is 2.39 bits per heavy atom. The van der Waals surface area contributed by atoms with Gasteiger partial charge in [0.1, 0.15) is 17.1 Å². The first kappa shape index (κ1) is 14.8. The Bertz CT molecular complexity index is 970. The summed E-state index contributed by atoms with van der Waals surface area (Å²) in [5, 5.41) is 20.4. The molecule has 0 fully saturated rings. The second-order valence-electron chi connectivity index (χ2n) is 5.32. The summed E-state index contributed by atoms with van der Waals surface area (Å²) in [5.74, 6) is 0.0785. The molecule has 3 aromatic rings. The molecule has 0 spiro atoms. The molecule has 0 radical (unpaired) electrons. The van der Waals surface area contributed by atoms with Crippen molar-refractivity contribution in [3.8, 4) is 11.5 Å². The van der Waals surface area contributed by atoms with E-state index in [2.05, 4.69) is 4.99 Å². The van der Waals surface area contributed by atoms with E-state index in [9.17, 15) is 15.0 Å². The number of pyridine rings is 1. The molecule has 2 N–H and O–H groups in total. The first-order chi connectivity index (χ1) is 11.0. The molecule has 0 saturated heterocycles. The second-order valence-corrected chi connectivity index (χ2v) is 5.32. The topological polar surface area (TPSA) is 74.8 Å². The summed E-state index contributed by atoms with van der Waals surface area (Å²) >= 11 is 0. The van der Waals surface area contributed by atoms with Gasteiger partial charge in [0, 0.05) is 12.4 Å². The van der Waals surface area contributed by atoms with E-state index in [0.29, 0.717) is 22.3 Å². The molecule has 1 aromatic heterocycles. The predicted molar refractivity (Wildman–Crippen MR) is 90.8 cm³/mol. The molecule has 5 heteroatoms. The molecule has 2 aromatic carbocycles. The molecule has 1 heterocycles. The number of para-hydroxylation sites is 1. The van der Waals surface area contributed by atoms with Crippen LogP contribution in [0.1, 0.15) is 12.5 Å². The number of aliphatic imine (C=N–C) groups is 1. The van der Waals surface area contributed by atoms with E-state index in [1.807, 2.05) is 12.1 Å². The molecule has 0 saturated carbocycles. The van der Waals surface area contributed by atoms with Crippen LogP contribution in [0.5, 0.6) is 11.5 Å². The number of hydrogen-bond donors (Lipinski definition) is 2. The highest BCUT2D eigenvalue weighted by Crippen LogP contribution is 2.27. The summed E-state index contributed by atoms with van der Waals surface area (Å²) in [4.78, 5) is 16.9. The van der Waals surface area contributed by atoms with Gasteiger partial charge in [-0.2, -0.15) is 0 Å². The average molecular weight is 308 g/mol. The van der Waals surface area contributed by atoms with Crippen LogP contribution in [-0.2, 0) is 7.05 Å². The lowest BCUT2D eigenvalue weighted by molar-refractivity contribution is 0.475. The Morgan fingerprint density at radius 1 is 1.04 bits per heavy atom. The lowest BCUT2D eigenvalue weighted by atomic mass is 10.1. The van der Waals surface area contributed by atoms with Crippen LogP contribution in [0.2, 0.25) is 0 Å². The van der Waals surface area contributed by atoms with Gasteiger partial charge in [-0.25, -0.2) is 0 Å². The first-order valence-electron chi connectivity index (χ1n) is 7.14. The van der Waals surface area contributed by atoms with Gasteiger partial charge in [0.2, 0.25) is 0 Å². The van der Waals surface area contributed by atoms with Crippen molar-refractivity contribution in [2.24, 2.45) is 12.0 Å². The first-order valence-corrected chi connectivity index (χ1v) is 7.14. The highest BCUT2D eigenvalue weighted by Gasteiger charge is 2.16. The molecule has 0 amide bonds. The number of aromatic nitrogens is 1. The number of aromatic hydroxyl groups is 2. The normalized spacial score (nSPS) is 11.8. The predicted octanol–water partition coefficient (Wildman–Crippen LogP) is 3.09. The largest absolute Gasteiger partial charge is 0.508 e. The van der Waals surface area contributed by atoms with E-state index in [4.69, 9.17) is 0 Å². The molecule has 0 atom stereocenters. The van der Waals surface area contributed by atoms with Crippen molar-refractivity contribution in [1.82, 2.24) is 4.57 Å². The van der Waals surface area contributed by atoms with E-state index in [1.165, 1.54) is 16.7 Å². The zero-order chi connectivity index (χ0) is 16.6. The molecular formula is C18H16N2O3. The van der Waals surface area contributed by atoms with E-state index < -0.39 is 0 Å². The molecule has 116 valence electrons. The standard InChI is InChI=1S/C18H16N2O3/c1-11(19-12-7-9-13(21)10-8-12)16-17(22)14-5-3-4-6-15(14)20(2)18(16)23/h3-10,21-22H,1-2H3. The monoisotopic (exact) mass is 308 g/mol. The fourth-order valence-corrected chi connectivity index (χ4v) is 2.58. The minimum Gasteiger partial charge on any atom is -0.508 e. The number of hydrogen-bond acceptors (Lipinski definition) is 4. The summed E-state index contributed by atoms with van der Waals surface area (Å²) in [6.45, 7) is 1.68. The van der Waals surface area contributed by atoms with Crippen LogP contribution in [0.25, 0.3) is 10.9 Å². The zero-order valence-corrected chi connectivity index (χ0v) is 12.8. The highest BCUT2D eigenvalue weighted by molar-refractivity contribution is 6.06. The van der Waals surface area contributed by atoms with Gasteiger partial charge in [-0.3, -0.25) is 9.79 Å². The summed E-state index contributed by atoms with van der Waals surface area (Å²) in [5.41, 5.74) is 1.55. The van der Waals surface area contributed by atoms with Crippen LogP contribution in [-0.4, -0.2) is 20.5 Å². The van der Waals surface area contributed by atoms with Crippen LogP contribution in [0.15, 0.2) is 58.3 Å². The Morgan fingerprint density at radius 2 is 1.70 bits per heavy atom. The lowest BCUT2D eigenvalue weighted by Gasteiger charge is -2.11. The number of aryl methyl sites for hydroxylation is 1. The molecule has 23 heavy (non-hydrogen) atoms. The Kier molecular flexibility index (Phi) is 3.62. The van der Waals surface area contributed by atoms with Crippen molar-refractivity contribution in [1.29, 1.82) is 0 Å². The minimum atomic E-state index is -0.304. The number of phenolic OH excluding ortho intramolecular Hbond substituents is 1. The summed E-state index contributed by atoms with van der Waals surface area (Å²) < 4.78 is 1.50. The fourth-order valence-electron chi connectivity index (χ4n) is 2.58. The van der Waals surface area contributed by atoms with Crippen LogP contribution < -0.4 is 5.56 Å². The third-order valence-electron chi connectivity index (χ3n) is 3.78. The third kappa shape index (κ3) is 2.57. The van der Waals surface area contributed by atoms with Gasteiger partial charge >= 0.3 is 0 Å². The van der Waals surface area contributed by atoms with Crippen LogP contribution in [0.3, 0.4) is 0 Å². The Labute approximate surface area is 132 Å². The number of benzene rings is 2. The molecule has 0 bridgehead atoms. The molecule has 0 aliphatic rings. The van der Waals surface area contributed by atoms with Crippen molar-refractivity contribution in [3.05, 3.63) is 64.4 Å². The average Bonchev–Trinajstić information content (AvgIpc) is 2.55. The zero-order valence-electron chi connectivity index (χ0n) is 12.8. The van der Waals surface area contributed by atoms with Crippen LogP contribution >= 0.6 is 0 Å². The molecule has 0 aliphatic heterocycles. The number of rotatable bonds is 2. The maximum atomic E-state index is 12.6.